The van der Waals surface area contributed by atoms with Crippen molar-refractivity contribution in [1.82, 2.24) is 5.32 Å². The quantitative estimate of drug-likeness (QED) is 0.421. The van der Waals surface area contributed by atoms with Crippen molar-refractivity contribution >= 4 is 34.6 Å². The van der Waals surface area contributed by atoms with Crippen molar-refractivity contribution in [2.24, 2.45) is 5.92 Å². The maximum absolute atomic E-state index is 12.5. The molecule has 0 aromatic heterocycles. The molecule has 2 aromatic rings. The predicted molar refractivity (Wildman–Crippen MR) is 108 cm³/mol. The minimum Gasteiger partial charge on any atom is -0.493 e. The van der Waals surface area contributed by atoms with Crippen molar-refractivity contribution in [1.29, 1.82) is 0 Å². The van der Waals surface area contributed by atoms with Gasteiger partial charge in [0.05, 0.1) is 17.1 Å². The fourth-order valence-electron chi connectivity index (χ4n) is 2.18. The lowest BCUT2D eigenvalue weighted by molar-refractivity contribution is -0.384. The number of nitro groups is 1. The third kappa shape index (κ3) is 6.34. The van der Waals surface area contributed by atoms with Crippen LogP contribution < -0.4 is 15.4 Å². The van der Waals surface area contributed by atoms with Crippen LogP contribution in [0.15, 0.2) is 48.5 Å². The van der Waals surface area contributed by atoms with Gasteiger partial charge in [-0.15, -0.1) is 0 Å². The summed E-state index contributed by atoms with van der Waals surface area (Å²) >= 11 is 5.14. The first-order valence-electron chi connectivity index (χ1n) is 8.45. The molecular weight excluding hydrogens is 366 g/mol. The first kappa shape index (κ1) is 20.3. The summed E-state index contributed by atoms with van der Waals surface area (Å²) in [5, 5.41) is 16.2. The molecule has 0 bridgehead atoms. The summed E-state index contributed by atoms with van der Waals surface area (Å²) in [7, 11) is 0. The number of benzene rings is 2. The van der Waals surface area contributed by atoms with E-state index in [2.05, 4.69) is 24.5 Å². The van der Waals surface area contributed by atoms with Crippen molar-refractivity contribution in [3.05, 3.63) is 64.2 Å². The van der Waals surface area contributed by atoms with Crippen LogP contribution in [0.5, 0.6) is 5.75 Å². The standard InChI is InChI=1S/C19H21N3O4S/c1-13(2)11-12-26-17-6-4-3-5-16(17)18(23)21-19(27)20-14-7-9-15(10-8-14)22(24)25/h3-10,13H,11-12H2,1-2H3,(H2,20,21,23,27). The van der Waals surface area contributed by atoms with Gasteiger partial charge in [-0.2, -0.15) is 0 Å². The highest BCUT2D eigenvalue weighted by molar-refractivity contribution is 7.80. The molecule has 2 rings (SSSR count). The zero-order valence-electron chi connectivity index (χ0n) is 15.1. The number of hydrogen-bond donors (Lipinski definition) is 2. The lowest BCUT2D eigenvalue weighted by Crippen LogP contribution is -2.34. The van der Waals surface area contributed by atoms with Gasteiger partial charge >= 0.3 is 0 Å². The van der Waals surface area contributed by atoms with Crippen LogP contribution >= 0.6 is 12.2 Å². The molecular formula is C19H21N3O4S. The molecule has 0 heterocycles. The van der Waals surface area contributed by atoms with Gasteiger partial charge in [-0.3, -0.25) is 20.2 Å². The number of hydrogen-bond acceptors (Lipinski definition) is 5. The number of anilines is 1. The fourth-order valence-corrected chi connectivity index (χ4v) is 2.39. The summed E-state index contributed by atoms with van der Waals surface area (Å²) < 4.78 is 5.72. The molecule has 0 atom stereocenters. The van der Waals surface area contributed by atoms with Gasteiger partial charge in [-0.1, -0.05) is 26.0 Å². The molecule has 0 aliphatic heterocycles. The number of nitrogens with one attached hydrogen (secondary N) is 2. The number of carbonyl (C=O) groups is 1. The predicted octanol–water partition coefficient (Wildman–Crippen LogP) is 4.15. The molecule has 0 saturated heterocycles. The molecule has 142 valence electrons. The van der Waals surface area contributed by atoms with Crippen LogP contribution in [-0.4, -0.2) is 22.5 Å². The molecule has 0 radical (unpaired) electrons. The largest absolute Gasteiger partial charge is 0.493 e. The second kappa shape index (κ2) is 9.63. The summed E-state index contributed by atoms with van der Waals surface area (Å²) in [5.74, 6) is 0.604. The number of nitrogens with zero attached hydrogens (tertiary/aromatic N) is 1. The van der Waals surface area contributed by atoms with Crippen LogP contribution in [0.4, 0.5) is 11.4 Å². The molecule has 0 aliphatic rings. The van der Waals surface area contributed by atoms with E-state index in [9.17, 15) is 14.9 Å². The molecule has 27 heavy (non-hydrogen) atoms. The van der Waals surface area contributed by atoms with Gasteiger partial charge in [-0.05, 0) is 48.8 Å². The summed E-state index contributed by atoms with van der Waals surface area (Å²) in [5.41, 5.74) is 0.893. The Balaban J connectivity index is 1.97. The molecule has 2 N–H and O–H groups in total. The summed E-state index contributed by atoms with van der Waals surface area (Å²) in [6.07, 6.45) is 0.885. The van der Waals surface area contributed by atoms with E-state index in [-0.39, 0.29) is 10.8 Å². The van der Waals surface area contributed by atoms with Crippen LogP contribution in [0.25, 0.3) is 0 Å². The van der Waals surface area contributed by atoms with Crippen LogP contribution in [0.2, 0.25) is 0 Å². The summed E-state index contributed by atoms with van der Waals surface area (Å²) in [6, 6.07) is 12.7. The average molecular weight is 387 g/mol. The molecule has 1 amide bonds. The van der Waals surface area contributed by atoms with Gasteiger partial charge in [0, 0.05) is 17.8 Å². The Morgan fingerprint density at radius 3 is 2.48 bits per heavy atom. The monoisotopic (exact) mass is 387 g/mol. The zero-order chi connectivity index (χ0) is 19.8. The average Bonchev–Trinajstić information content (AvgIpc) is 2.62. The highest BCUT2D eigenvalue weighted by atomic mass is 32.1. The third-order valence-electron chi connectivity index (χ3n) is 3.65. The topological polar surface area (TPSA) is 93.5 Å². The minimum atomic E-state index is -0.486. The van der Waals surface area contributed by atoms with Gasteiger partial charge in [-0.25, -0.2) is 0 Å². The smallest absolute Gasteiger partial charge is 0.269 e. The molecule has 8 heteroatoms. The maximum atomic E-state index is 12.5. The lowest BCUT2D eigenvalue weighted by Gasteiger charge is -2.13. The normalized spacial score (nSPS) is 10.3. The molecule has 0 saturated carbocycles. The number of para-hydroxylation sites is 1. The Morgan fingerprint density at radius 1 is 1.19 bits per heavy atom. The van der Waals surface area contributed by atoms with Crippen molar-refractivity contribution in [2.45, 2.75) is 20.3 Å². The first-order valence-corrected chi connectivity index (χ1v) is 8.86. The van der Waals surface area contributed by atoms with Crippen LogP contribution in [0.1, 0.15) is 30.6 Å². The number of carbonyl (C=O) groups excluding carboxylic acids is 1. The highest BCUT2D eigenvalue weighted by Gasteiger charge is 2.14. The fraction of sp³-hybridized carbons (Fsp3) is 0.263. The Kier molecular flexibility index (Phi) is 7.25. The maximum Gasteiger partial charge on any atom is 0.269 e. The Labute approximate surface area is 162 Å². The zero-order valence-corrected chi connectivity index (χ0v) is 15.9. The molecule has 0 aliphatic carbocycles. The van der Waals surface area contributed by atoms with E-state index >= 15 is 0 Å². The lowest BCUT2D eigenvalue weighted by atomic mass is 10.1. The highest BCUT2D eigenvalue weighted by Crippen LogP contribution is 2.19. The van der Waals surface area contributed by atoms with Gasteiger partial charge in [0.25, 0.3) is 11.6 Å². The van der Waals surface area contributed by atoms with Crippen molar-refractivity contribution in [3.8, 4) is 5.75 Å². The van der Waals surface area contributed by atoms with Crippen molar-refractivity contribution < 1.29 is 14.5 Å². The minimum absolute atomic E-state index is 0.0250. The Hall–Kier alpha value is -3.00. The van der Waals surface area contributed by atoms with Crippen LogP contribution in [-0.2, 0) is 0 Å². The van der Waals surface area contributed by atoms with E-state index in [1.54, 1.807) is 24.3 Å². The van der Waals surface area contributed by atoms with Gasteiger partial charge in [0.1, 0.15) is 5.75 Å². The van der Waals surface area contributed by atoms with E-state index in [1.165, 1.54) is 24.3 Å². The molecule has 2 aromatic carbocycles. The number of nitro benzene ring substituents is 1. The van der Waals surface area contributed by atoms with Crippen molar-refractivity contribution in [2.75, 3.05) is 11.9 Å². The van der Waals surface area contributed by atoms with Gasteiger partial charge in [0.2, 0.25) is 0 Å². The molecule has 0 unspecified atom stereocenters. The summed E-state index contributed by atoms with van der Waals surface area (Å²) in [4.78, 5) is 22.7. The van der Waals surface area contributed by atoms with Crippen molar-refractivity contribution in [3.63, 3.8) is 0 Å². The molecule has 0 fully saturated rings. The Morgan fingerprint density at radius 2 is 1.85 bits per heavy atom. The number of non-ortho nitro benzene ring substituents is 1. The van der Waals surface area contributed by atoms with Crippen LogP contribution in [0.3, 0.4) is 0 Å². The van der Waals surface area contributed by atoms with E-state index in [0.29, 0.717) is 29.5 Å². The second-order valence-corrected chi connectivity index (χ2v) is 6.65. The van der Waals surface area contributed by atoms with E-state index in [1.807, 2.05) is 0 Å². The van der Waals surface area contributed by atoms with Gasteiger partial charge < -0.3 is 10.1 Å². The number of amides is 1. The van der Waals surface area contributed by atoms with E-state index in [4.69, 9.17) is 17.0 Å². The SMILES string of the molecule is CC(C)CCOc1ccccc1C(=O)NC(=S)Nc1ccc([N+](=O)[O-])cc1. The molecule has 0 spiro atoms. The Bertz CT molecular complexity index is 822. The first-order chi connectivity index (χ1) is 12.9. The number of rotatable bonds is 7. The van der Waals surface area contributed by atoms with Crippen LogP contribution in [0, 0.1) is 16.0 Å². The number of thiocarbonyl (C=S) groups is 1. The second-order valence-electron chi connectivity index (χ2n) is 6.24. The summed E-state index contributed by atoms with van der Waals surface area (Å²) in [6.45, 7) is 4.72. The third-order valence-corrected chi connectivity index (χ3v) is 3.85. The van der Waals surface area contributed by atoms with Gasteiger partial charge in [0.15, 0.2) is 5.11 Å². The number of ether oxygens (including phenoxy) is 1. The molecule has 7 nitrogen and oxygen atoms in total. The van der Waals surface area contributed by atoms with E-state index in [0.717, 1.165) is 6.42 Å². The van der Waals surface area contributed by atoms with E-state index < -0.39 is 10.8 Å².